The van der Waals surface area contributed by atoms with E-state index < -0.39 is 10.1 Å². The van der Waals surface area contributed by atoms with Crippen molar-refractivity contribution in [1.29, 1.82) is 0 Å². The molecule has 0 atom stereocenters. The number of hydrogen-bond acceptors (Lipinski definition) is 4. The van der Waals surface area contributed by atoms with Gasteiger partial charge in [0.25, 0.3) is 0 Å². The van der Waals surface area contributed by atoms with Crippen LogP contribution in [0.2, 0.25) is 10.0 Å². The average molecular weight is 332 g/mol. The first-order chi connectivity index (χ1) is 9.29. The van der Waals surface area contributed by atoms with Crippen molar-refractivity contribution in [2.45, 2.75) is 11.8 Å². The summed E-state index contributed by atoms with van der Waals surface area (Å²) in [6, 6.07) is 9.03. The molecule has 0 spiro atoms. The standard InChI is InChI=1S/C13H11Cl2NO3S/c1-8-2-4-9(5-3-8)19-20(17,18)13-7-10(14)12(16)6-11(13)15/h2-7H,16H2,1H3. The van der Waals surface area contributed by atoms with Crippen LogP contribution in [-0.4, -0.2) is 8.42 Å². The van der Waals surface area contributed by atoms with Crippen LogP contribution in [-0.2, 0) is 10.1 Å². The van der Waals surface area contributed by atoms with Gasteiger partial charge in [-0.05, 0) is 31.2 Å². The number of hydrogen-bond donors (Lipinski definition) is 1. The van der Waals surface area contributed by atoms with Crippen LogP contribution in [0.1, 0.15) is 5.56 Å². The summed E-state index contributed by atoms with van der Waals surface area (Å²) in [6.07, 6.45) is 0. The minimum absolute atomic E-state index is 0.0426. The summed E-state index contributed by atoms with van der Waals surface area (Å²) in [4.78, 5) is -0.223. The van der Waals surface area contributed by atoms with E-state index in [9.17, 15) is 8.42 Å². The Morgan fingerprint density at radius 2 is 1.65 bits per heavy atom. The van der Waals surface area contributed by atoms with Crippen molar-refractivity contribution in [2.75, 3.05) is 5.73 Å². The van der Waals surface area contributed by atoms with Gasteiger partial charge < -0.3 is 9.92 Å². The monoisotopic (exact) mass is 331 g/mol. The number of halogens is 2. The first-order valence-corrected chi connectivity index (χ1v) is 7.72. The Labute approximate surface area is 127 Å². The summed E-state index contributed by atoms with van der Waals surface area (Å²) < 4.78 is 29.3. The van der Waals surface area contributed by atoms with E-state index in [2.05, 4.69) is 0 Å². The highest BCUT2D eigenvalue weighted by Crippen LogP contribution is 2.31. The molecule has 0 fully saturated rings. The fourth-order valence-corrected chi connectivity index (χ4v) is 3.20. The lowest BCUT2D eigenvalue weighted by Crippen LogP contribution is -2.10. The lowest BCUT2D eigenvalue weighted by Gasteiger charge is -2.10. The zero-order chi connectivity index (χ0) is 14.9. The van der Waals surface area contributed by atoms with Gasteiger partial charge in [-0.25, -0.2) is 0 Å². The molecular weight excluding hydrogens is 321 g/mol. The van der Waals surface area contributed by atoms with Crippen LogP contribution >= 0.6 is 23.2 Å². The predicted octanol–water partition coefficient (Wildman–Crippen LogP) is 3.65. The Bertz CT molecular complexity index is 743. The topological polar surface area (TPSA) is 69.4 Å². The molecule has 0 radical (unpaired) electrons. The maximum absolute atomic E-state index is 12.2. The molecule has 2 aromatic carbocycles. The lowest BCUT2D eigenvalue weighted by atomic mass is 10.2. The van der Waals surface area contributed by atoms with Crippen molar-refractivity contribution >= 4 is 39.0 Å². The zero-order valence-corrected chi connectivity index (χ0v) is 12.8. The van der Waals surface area contributed by atoms with Crippen molar-refractivity contribution in [1.82, 2.24) is 0 Å². The molecule has 0 bridgehead atoms. The summed E-state index contributed by atoms with van der Waals surface area (Å²) in [5.74, 6) is 0.194. The van der Waals surface area contributed by atoms with E-state index in [-0.39, 0.29) is 26.4 Å². The third kappa shape index (κ3) is 3.17. The minimum Gasteiger partial charge on any atom is -0.397 e. The number of anilines is 1. The maximum Gasteiger partial charge on any atom is 0.340 e. The fraction of sp³-hybridized carbons (Fsp3) is 0.0769. The highest BCUT2D eigenvalue weighted by molar-refractivity contribution is 7.87. The van der Waals surface area contributed by atoms with Gasteiger partial charge in [-0.15, -0.1) is 0 Å². The lowest BCUT2D eigenvalue weighted by molar-refractivity contribution is 0.486. The predicted molar refractivity (Wildman–Crippen MR) is 79.9 cm³/mol. The number of nitrogen functional groups attached to an aromatic ring is 1. The quantitative estimate of drug-likeness (QED) is 0.688. The molecule has 0 heterocycles. The first-order valence-electron chi connectivity index (χ1n) is 5.55. The molecule has 2 rings (SSSR count). The van der Waals surface area contributed by atoms with E-state index in [1.54, 1.807) is 24.3 Å². The maximum atomic E-state index is 12.2. The minimum atomic E-state index is -4.07. The smallest absolute Gasteiger partial charge is 0.340 e. The molecule has 2 N–H and O–H groups in total. The molecule has 0 unspecified atom stereocenters. The molecule has 4 nitrogen and oxygen atoms in total. The van der Waals surface area contributed by atoms with Gasteiger partial charge in [0.1, 0.15) is 10.6 Å². The molecule has 0 saturated heterocycles. The molecule has 0 amide bonds. The summed E-state index contributed by atoms with van der Waals surface area (Å²) in [5.41, 5.74) is 6.74. The molecule has 106 valence electrons. The number of rotatable bonds is 3. The molecule has 0 aliphatic heterocycles. The van der Waals surface area contributed by atoms with Crippen molar-refractivity contribution in [2.24, 2.45) is 0 Å². The van der Waals surface area contributed by atoms with Crippen LogP contribution < -0.4 is 9.92 Å². The van der Waals surface area contributed by atoms with E-state index in [0.717, 1.165) is 5.56 Å². The Balaban J connectivity index is 2.40. The Morgan fingerprint density at radius 3 is 2.25 bits per heavy atom. The third-order valence-corrected chi connectivity index (χ3v) is 4.59. The second-order valence-corrected chi connectivity index (χ2v) is 6.48. The van der Waals surface area contributed by atoms with Gasteiger partial charge in [-0.3, -0.25) is 0 Å². The van der Waals surface area contributed by atoms with E-state index >= 15 is 0 Å². The average Bonchev–Trinajstić information content (AvgIpc) is 2.36. The molecule has 0 aliphatic carbocycles. The highest BCUT2D eigenvalue weighted by atomic mass is 35.5. The highest BCUT2D eigenvalue weighted by Gasteiger charge is 2.22. The summed E-state index contributed by atoms with van der Waals surface area (Å²) in [5, 5.41) is 0.0551. The van der Waals surface area contributed by atoms with Crippen LogP contribution in [0.4, 0.5) is 5.69 Å². The van der Waals surface area contributed by atoms with Crippen molar-refractivity contribution < 1.29 is 12.6 Å². The van der Waals surface area contributed by atoms with Crippen molar-refractivity contribution in [3.63, 3.8) is 0 Å². The van der Waals surface area contributed by atoms with Gasteiger partial charge in [0.2, 0.25) is 0 Å². The molecule has 0 aliphatic rings. The zero-order valence-electron chi connectivity index (χ0n) is 10.4. The largest absolute Gasteiger partial charge is 0.397 e. The van der Waals surface area contributed by atoms with Gasteiger partial charge in [-0.1, -0.05) is 40.9 Å². The van der Waals surface area contributed by atoms with Crippen LogP contribution in [0, 0.1) is 6.92 Å². The summed E-state index contributed by atoms with van der Waals surface area (Å²) in [6.45, 7) is 1.88. The van der Waals surface area contributed by atoms with E-state index in [4.69, 9.17) is 33.1 Å². The SMILES string of the molecule is Cc1ccc(OS(=O)(=O)c2cc(Cl)c(N)cc2Cl)cc1. The Morgan fingerprint density at radius 1 is 1.05 bits per heavy atom. The number of aryl methyl sites for hydroxylation is 1. The number of benzene rings is 2. The first kappa shape index (κ1) is 15.0. The van der Waals surface area contributed by atoms with Crippen LogP contribution in [0.5, 0.6) is 5.75 Å². The molecule has 7 heteroatoms. The van der Waals surface area contributed by atoms with Crippen LogP contribution in [0.15, 0.2) is 41.3 Å². The molecule has 0 aromatic heterocycles. The fourth-order valence-electron chi connectivity index (χ4n) is 1.50. The van der Waals surface area contributed by atoms with Crippen molar-refractivity contribution in [3.8, 4) is 5.75 Å². The second kappa shape index (κ2) is 5.52. The van der Waals surface area contributed by atoms with Crippen LogP contribution in [0.25, 0.3) is 0 Å². The summed E-state index contributed by atoms with van der Waals surface area (Å²) >= 11 is 11.7. The van der Waals surface area contributed by atoms with Crippen molar-refractivity contribution in [3.05, 3.63) is 52.0 Å². The molecule has 20 heavy (non-hydrogen) atoms. The Kier molecular flexibility index (Phi) is 4.13. The molecular formula is C13H11Cl2NO3S. The van der Waals surface area contributed by atoms with Gasteiger partial charge in [0.15, 0.2) is 0 Å². The number of nitrogens with two attached hydrogens (primary N) is 1. The van der Waals surface area contributed by atoms with E-state index in [1.165, 1.54) is 12.1 Å². The molecule has 0 saturated carbocycles. The van der Waals surface area contributed by atoms with E-state index in [1.807, 2.05) is 6.92 Å². The normalized spacial score (nSPS) is 11.3. The van der Waals surface area contributed by atoms with Gasteiger partial charge in [0.05, 0.1) is 15.7 Å². The Hall–Kier alpha value is -1.43. The third-order valence-electron chi connectivity index (χ3n) is 2.55. The van der Waals surface area contributed by atoms with Gasteiger partial charge in [0, 0.05) is 0 Å². The second-order valence-electron chi connectivity index (χ2n) is 4.15. The summed E-state index contributed by atoms with van der Waals surface area (Å²) in [7, 11) is -4.07. The van der Waals surface area contributed by atoms with Gasteiger partial charge in [-0.2, -0.15) is 8.42 Å². The van der Waals surface area contributed by atoms with Gasteiger partial charge >= 0.3 is 10.1 Å². The molecule has 2 aromatic rings. The van der Waals surface area contributed by atoms with E-state index in [0.29, 0.717) is 0 Å². The van der Waals surface area contributed by atoms with Crippen LogP contribution in [0.3, 0.4) is 0 Å².